The van der Waals surface area contributed by atoms with Gasteiger partial charge in [-0.15, -0.1) is 0 Å². The van der Waals surface area contributed by atoms with Gasteiger partial charge in [0.15, 0.2) is 0 Å². The monoisotopic (exact) mass is 291 g/mol. The quantitative estimate of drug-likeness (QED) is 0.865. The Hall–Kier alpha value is -0.290. The molecule has 0 aliphatic rings. The van der Waals surface area contributed by atoms with E-state index in [0.29, 0.717) is 0 Å². The van der Waals surface area contributed by atoms with Crippen LogP contribution in [0.2, 0.25) is 0 Å². The van der Waals surface area contributed by atoms with Gasteiger partial charge in [0.2, 0.25) is 0 Å². The summed E-state index contributed by atoms with van der Waals surface area (Å²) in [6.45, 7) is 3.89. The van der Waals surface area contributed by atoms with Gasteiger partial charge in [-0.3, -0.25) is 0 Å². The Bertz CT molecular complexity index is 286. The first kappa shape index (κ1) is 10.8. The molecule has 0 fully saturated rings. The number of hydrogen-bond donors (Lipinski definition) is 1. The van der Waals surface area contributed by atoms with Crippen molar-refractivity contribution in [1.82, 2.24) is 0 Å². The number of rotatable bonds is 3. The molecule has 0 aliphatic carbocycles. The Morgan fingerprint density at radius 2 is 2.23 bits per heavy atom. The van der Waals surface area contributed by atoms with Crippen LogP contribution in [0.25, 0.3) is 0 Å². The van der Waals surface area contributed by atoms with Crippen LogP contribution in [-0.4, -0.2) is 18.8 Å². The van der Waals surface area contributed by atoms with Crippen LogP contribution in [0, 0.1) is 10.5 Å². The molecular weight excluding hydrogens is 279 g/mol. The van der Waals surface area contributed by atoms with E-state index in [1.165, 1.54) is 0 Å². The topological polar surface area (TPSA) is 29.5 Å². The second-order valence-corrected chi connectivity index (χ2v) is 4.05. The van der Waals surface area contributed by atoms with Crippen LogP contribution < -0.4 is 4.74 Å². The third-order valence-electron chi connectivity index (χ3n) is 1.82. The van der Waals surface area contributed by atoms with Crippen LogP contribution in [0.15, 0.2) is 18.2 Å². The molecule has 0 saturated heterocycles. The molecule has 1 rings (SSSR count). The highest BCUT2D eigenvalue weighted by Crippen LogP contribution is 2.23. The second-order valence-electron chi connectivity index (χ2n) is 2.80. The zero-order chi connectivity index (χ0) is 9.84. The number of aliphatic hydroxyl groups is 1. The van der Waals surface area contributed by atoms with E-state index < -0.39 is 0 Å². The molecular formula is C10H12IO2. The van der Waals surface area contributed by atoms with E-state index >= 15 is 0 Å². The first-order chi connectivity index (χ1) is 6.17. The number of ether oxygens (including phenoxy) is 1. The van der Waals surface area contributed by atoms with E-state index in [-0.39, 0.29) is 12.5 Å². The van der Waals surface area contributed by atoms with E-state index in [0.717, 1.165) is 14.9 Å². The molecule has 71 valence electrons. The van der Waals surface area contributed by atoms with Crippen LogP contribution in [0.1, 0.15) is 11.5 Å². The third-order valence-corrected chi connectivity index (χ3v) is 2.44. The average molecular weight is 291 g/mol. The molecule has 3 heteroatoms. The molecule has 1 N–H and O–H groups in total. The number of halogens is 1. The molecule has 0 amide bonds. The van der Waals surface area contributed by atoms with Gasteiger partial charge in [-0.05, 0) is 53.3 Å². The lowest BCUT2D eigenvalue weighted by Gasteiger charge is -2.10. The van der Waals surface area contributed by atoms with Crippen molar-refractivity contribution in [2.24, 2.45) is 0 Å². The predicted molar refractivity (Wildman–Crippen MR) is 60.9 cm³/mol. The predicted octanol–water partition coefficient (Wildman–Crippen LogP) is 2.21. The molecule has 0 aliphatic heterocycles. The zero-order valence-corrected chi connectivity index (χ0v) is 9.61. The smallest absolute Gasteiger partial charge is 0.120 e. The molecule has 13 heavy (non-hydrogen) atoms. The minimum Gasteiger partial charge on any atom is -0.497 e. The highest BCUT2D eigenvalue weighted by atomic mass is 127. The maximum absolute atomic E-state index is 8.94. The Morgan fingerprint density at radius 3 is 2.77 bits per heavy atom. The summed E-state index contributed by atoms with van der Waals surface area (Å²) in [5, 5.41) is 8.94. The molecule has 0 bridgehead atoms. The molecule has 1 unspecified atom stereocenters. The van der Waals surface area contributed by atoms with Crippen LogP contribution in [0.5, 0.6) is 5.75 Å². The fourth-order valence-corrected chi connectivity index (χ4v) is 1.71. The van der Waals surface area contributed by atoms with E-state index in [2.05, 4.69) is 29.5 Å². The highest BCUT2D eigenvalue weighted by molar-refractivity contribution is 14.1. The summed E-state index contributed by atoms with van der Waals surface area (Å²) in [7, 11) is 1.63. The number of aliphatic hydroxyl groups excluding tert-OH is 1. The lowest BCUT2D eigenvalue weighted by Crippen LogP contribution is -2.00. The lowest BCUT2D eigenvalue weighted by atomic mass is 10.0. The van der Waals surface area contributed by atoms with Crippen molar-refractivity contribution < 1.29 is 9.84 Å². The van der Waals surface area contributed by atoms with Crippen molar-refractivity contribution in [2.45, 2.75) is 5.92 Å². The van der Waals surface area contributed by atoms with Crippen molar-refractivity contribution in [3.8, 4) is 5.75 Å². The Kier molecular flexibility index (Phi) is 3.99. The normalized spacial score (nSPS) is 12.6. The highest BCUT2D eigenvalue weighted by Gasteiger charge is 2.06. The largest absolute Gasteiger partial charge is 0.497 e. The van der Waals surface area contributed by atoms with Gasteiger partial charge in [-0.1, -0.05) is 0 Å². The summed E-state index contributed by atoms with van der Waals surface area (Å²) in [5.74, 6) is 0.729. The van der Waals surface area contributed by atoms with Gasteiger partial charge in [0.25, 0.3) is 0 Å². The first-order valence-electron chi connectivity index (χ1n) is 3.95. The van der Waals surface area contributed by atoms with Crippen molar-refractivity contribution >= 4 is 22.6 Å². The van der Waals surface area contributed by atoms with Gasteiger partial charge in [0, 0.05) is 16.1 Å². The second kappa shape index (κ2) is 4.81. The summed E-state index contributed by atoms with van der Waals surface area (Å²) in [6, 6.07) is 5.83. The van der Waals surface area contributed by atoms with Crippen molar-refractivity contribution in [1.29, 1.82) is 0 Å². The number of methoxy groups -OCH3 is 1. The van der Waals surface area contributed by atoms with Gasteiger partial charge >= 0.3 is 0 Å². The molecule has 1 atom stereocenters. The van der Waals surface area contributed by atoms with E-state index in [9.17, 15) is 0 Å². The van der Waals surface area contributed by atoms with Gasteiger partial charge in [-0.2, -0.15) is 0 Å². The average Bonchev–Trinajstić information content (AvgIpc) is 2.15. The van der Waals surface area contributed by atoms with Gasteiger partial charge in [0.1, 0.15) is 5.75 Å². The third kappa shape index (κ3) is 2.84. The molecule has 0 aromatic heterocycles. The molecule has 0 saturated carbocycles. The molecule has 1 radical (unpaired) electrons. The lowest BCUT2D eigenvalue weighted by molar-refractivity contribution is 0.282. The molecule has 1 aromatic carbocycles. The maximum atomic E-state index is 8.94. The van der Waals surface area contributed by atoms with Crippen molar-refractivity contribution in [2.75, 3.05) is 13.7 Å². The van der Waals surface area contributed by atoms with Crippen LogP contribution >= 0.6 is 22.6 Å². The first-order valence-corrected chi connectivity index (χ1v) is 5.03. The van der Waals surface area contributed by atoms with Crippen LogP contribution in [0.4, 0.5) is 0 Å². The molecule has 0 heterocycles. The summed E-state index contributed by atoms with van der Waals surface area (Å²) in [5.41, 5.74) is 1.01. The fraction of sp³-hybridized carbons (Fsp3) is 0.300. The standard InChI is InChI=1S/C10H12IO2/c1-7(6-12)8-3-9(11)5-10(4-8)13-2/h3-5,7,12H,1,6H2,2H3. The minimum absolute atomic E-state index is 0.0588. The van der Waals surface area contributed by atoms with E-state index in [4.69, 9.17) is 9.84 Å². The van der Waals surface area contributed by atoms with Crippen LogP contribution in [0.3, 0.4) is 0 Å². The summed E-state index contributed by atoms with van der Waals surface area (Å²) < 4.78 is 6.21. The van der Waals surface area contributed by atoms with Crippen molar-refractivity contribution in [3.05, 3.63) is 34.3 Å². The molecule has 1 aromatic rings. The Labute approximate surface area is 92.1 Å². The Morgan fingerprint density at radius 1 is 1.54 bits per heavy atom. The zero-order valence-electron chi connectivity index (χ0n) is 7.46. The Balaban J connectivity index is 3.01. The maximum Gasteiger partial charge on any atom is 0.120 e. The number of benzene rings is 1. The number of hydrogen-bond acceptors (Lipinski definition) is 2. The fourth-order valence-electron chi connectivity index (χ4n) is 1.04. The molecule has 2 nitrogen and oxygen atoms in total. The summed E-state index contributed by atoms with van der Waals surface area (Å²) in [4.78, 5) is 0. The van der Waals surface area contributed by atoms with Gasteiger partial charge in [-0.25, -0.2) is 0 Å². The summed E-state index contributed by atoms with van der Waals surface area (Å²) in [6.07, 6.45) is 0. The summed E-state index contributed by atoms with van der Waals surface area (Å²) >= 11 is 2.21. The SMILES string of the molecule is [CH2]C(CO)c1cc(I)cc(OC)c1. The molecule has 0 spiro atoms. The van der Waals surface area contributed by atoms with E-state index in [1.807, 2.05) is 18.2 Å². The van der Waals surface area contributed by atoms with Gasteiger partial charge < -0.3 is 9.84 Å². The van der Waals surface area contributed by atoms with E-state index in [1.54, 1.807) is 7.11 Å². The van der Waals surface area contributed by atoms with Crippen LogP contribution in [-0.2, 0) is 0 Å². The van der Waals surface area contributed by atoms with Gasteiger partial charge in [0.05, 0.1) is 7.11 Å². The minimum atomic E-state index is -0.0800. The van der Waals surface area contributed by atoms with Crippen molar-refractivity contribution in [3.63, 3.8) is 0 Å².